The summed E-state index contributed by atoms with van der Waals surface area (Å²) in [5, 5.41) is 2.45. The van der Waals surface area contributed by atoms with E-state index >= 15 is 0 Å². The van der Waals surface area contributed by atoms with Crippen LogP contribution >= 0.6 is 0 Å². The van der Waals surface area contributed by atoms with Crippen LogP contribution in [0.15, 0.2) is 42.5 Å². The standard InChI is InChI=1S/C22H28FN3O6S/c1-15(22(28)24-2)25(13-16-8-6-7-9-18(16)23)21(27)14-26(33(5,29)30)17-10-11-19(31-3)20(12-17)32-4/h6-12,15H,13-14H2,1-5H3,(H,24,28)/t15-/m1/s1. The minimum atomic E-state index is -3.91. The third kappa shape index (κ3) is 6.35. The number of rotatable bonds is 10. The lowest BCUT2D eigenvalue weighted by molar-refractivity contribution is -0.139. The second-order valence-corrected chi connectivity index (χ2v) is 9.12. The van der Waals surface area contributed by atoms with E-state index in [0.717, 1.165) is 15.5 Å². The van der Waals surface area contributed by atoms with Gasteiger partial charge in [0.25, 0.3) is 0 Å². The summed E-state index contributed by atoms with van der Waals surface area (Å²) in [5.74, 6) is -1.04. The summed E-state index contributed by atoms with van der Waals surface area (Å²) in [6.45, 7) is 0.659. The van der Waals surface area contributed by atoms with Crippen molar-refractivity contribution in [2.24, 2.45) is 0 Å². The molecule has 2 amide bonds. The predicted octanol–water partition coefficient (Wildman–Crippen LogP) is 1.77. The molecule has 2 aromatic rings. The Morgan fingerprint density at radius 3 is 2.27 bits per heavy atom. The molecule has 2 aromatic carbocycles. The van der Waals surface area contributed by atoms with E-state index in [2.05, 4.69) is 5.32 Å². The smallest absolute Gasteiger partial charge is 0.244 e. The lowest BCUT2D eigenvalue weighted by atomic mass is 10.1. The van der Waals surface area contributed by atoms with E-state index in [1.54, 1.807) is 6.07 Å². The molecule has 1 N–H and O–H groups in total. The quantitative estimate of drug-likeness (QED) is 0.555. The second kappa shape index (κ2) is 11.0. The van der Waals surface area contributed by atoms with Gasteiger partial charge in [-0.2, -0.15) is 0 Å². The van der Waals surface area contributed by atoms with E-state index in [-0.39, 0.29) is 23.5 Å². The average molecular weight is 482 g/mol. The average Bonchev–Trinajstić information content (AvgIpc) is 2.79. The largest absolute Gasteiger partial charge is 0.493 e. The predicted molar refractivity (Wildman–Crippen MR) is 122 cm³/mol. The number of likely N-dealkylation sites (N-methyl/N-ethyl adjacent to an activating group) is 1. The maximum atomic E-state index is 14.3. The first-order valence-corrected chi connectivity index (χ1v) is 11.8. The van der Waals surface area contributed by atoms with Gasteiger partial charge in [-0.3, -0.25) is 13.9 Å². The van der Waals surface area contributed by atoms with Crippen LogP contribution in [0.4, 0.5) is 10.1 Å². The van der Waals surface area contributed by atoms with Crippen molar-refractivity contribution in [3.8, 4) is 11.5 Å². The summed E-state index contributed by atoms with van der Waals surface area (Å²) in [4.78, 5) is 26.7. The molecule has 0 bridgehead atoms. The highest BCUT2D eigenvalue weighted by Crippen LogP contribution is 2.32. The van der Waals surface area contributed by atoms with Crippen LogP contribution in [0.1, 0.15) is 12.5 Å². The highest BCUT2D eigenvalue weighted by Gasteiger charge is 2.30. The number of carbonyl (C=O) groups is 2. The molecule has 0 aliphatic rings. The first kappa shape index (κ1) is 25.9. The van der Waals surface area contributed by atoms with E-state index in [9.17, 15) is 22.4 Å². The third-order valence-corrected chi connectivity index (χ3v) is 6.19. The van der Waals surface area contributed by atoms with Crippen molar-refractivity contribution in [2.45, 2.75) is 19.5 Å². The Labute approximate surface area is 193 Å². The number of amides is 2. The molecule has 0 saturated carbocycles. The molecule has 11 heteroatoms. The number of benzene rings is 2. The number of hydrogen-bond acceptors (Lipinski definition) is 6. The summed E-state index contributed by atoms with van der Waals surface area (Å²) in [7, 11) is 0.347. The number of ether oxygens (including phenoxy) is 2. The minimum Gasteiger partial charge on any atom is -0.493 e. The van der Waals surface area contributed by atoms with Gasteiger partial charge in [-0.05, 0) is 25.1 Å². The van der Waals surface area contributed by atoms with Gasteiger partial charge in [-0.1, -0.05) is 18.2 Å². The fraction of sp³-hybridized carbons (Fsp3) is 0.364. The zero-order chi connectivity index (χ0) is 24.8. The molecule has 0 aromatic heterocycles. The highest BCUT2D eigenvalue weighted by molar-refractivity contribution is 7.92. The number of sulfonamides is 1. The molecular formula is C22H28FN3O6S. The van der Waals surface area contributed by atoms with Gasteiger partial charge in [0.15, 0.2) is 11.5 Å². The van der Waals surface area contributed by atoms with Crippen molar-refractivity contribution in [3.63, 3.8) is 0 Å². The molecule has 1 atom stereocenters. The van der Waals surface area contributed by atoms with Crippen LogP contribution in [-0.4, -0.2) is 65.2 Å². The summed E-state index contributed by atoms with van der Waals surface area (Å²) in [6, 6.07) is 9.29. The molecule has 33 heavy (non-hydrogen) atoms. The monoisotopic (exact) mass is 481 g/mol. The molecule has 0 spiro atoms. The zero-order valence-electron chi connectivity index (χ0n) is 19.2. The van der Waals surface area contributed by atoms with Gasteiger partial charge in [0.2, 0.25) is 21.8 Å². The molecular weight excluding hydrogens is 453 g/mol. The van der Waals surface area contributed by atoms with Gasteiger partial charge in [0.05, 0.1) is 26.2 Å². The molecule has 0 fully saturated rings. The van der Waals surface area contributed by atoms with Crippen LogP contribution in [0.5, 0.6) is 11.5 Å². The van der Waals surface area contributed by atoms with Crippen molar-refractivity contribution in [3.05, 3.63) is 53.8 Å². The summed E-state index contributed by atoms with van der Waals surface area (Å²) in [5.41, 5.74) is 0.362. The topological polar surface area (TPSA) is 105 Å². The van der Waals surface area contributed by atoms with Crippen molar-refractivity contribution in [2.75, 3.05) is 38.4 Å². The van der Waals surface area contributed by atoms with Crippen molar-refractivity contribution >= 4 is 27.5 Å². The minimum absolute atomic E-state index is 0.168. The number of anilines is 1. The van der Waals surface area contributed by atoms with Crippen molar-refractivity contribution in [1.82, 2.24) is 10.2 Å². The number of halogens is 1. The molecule has 9 nitrogen and oxygen atoms in total. The lowest BCUT2D eigenvalue weighted by Gasteiger charge is -2.31. The fourth-order valence-corrected chi connectivity index (χ4v) is 4.04. The van der Waals surface area contributed by atoms with E-state index in [4.69, 9.17) is 9.47 Å². The van der Waals surface area contributed by atoms with Crippen LogP contribution in [-0.2, 0) is 26.2 Å². The van der Waals surface area contributed by atoms with Gasteiger partial charge in [0.1, 0.15) is 18.4 Å². The Balaban J connectivity index is 2.44. The molecule has 2 rings (SSSR count). The molecule has 0 aliphatic heterocycles. The first-order chi connectivity index (χ1) is 15.5. The van der Waals surface area contributed by atoms with Gasteiger partial charge in [0, 0.05) is 25.2 Å². The molecule has 0 aliphatic carbocycles. The van der Waals surface area contributed by atoms with Crippen LogP contribution in [0.25, 0.3) is 0 Å². The van der Waals surface area contributed by atoms with Crippen LogP contribution < -0.4 is 19.1 Å². The van der Waals surface area contributed by atoms with E-state index in [0.29, 0.717) is 5.75 Å². The number of nitrogens with zero attached hydrogens (tertiary/aromatic N) is 2. The Hall–Kier alpha value is -3.34. The zero-order valence-corrected chi connectivity index (χ0v) is 20.0. The summed E-state index contributed by atoms with van der Waals surface area (Å²) in [6.07, 6.45) is 0.959. The Morgan fingerprint density at radius 2 is 1.73 bits per heavy atom. The van der Waals surface area contributed by atoms with Gasteiger partial charge >= 0.3 is 0 Å². The lowest BCUT2D eigenvalue weighted by Crippen LogP contribution is -2.50. The van der Waals surface area contributed by atoms with Crippen LogP contribution in [0.3, 0.4) is 0 Å². The Kier molecular flexibility index (Phi) is 8.63. The summed E-state index contributed by atoms with van der Waals surface area (Å²) < 4.78 is 50.7. The Bertz CT molecular complexity index is 1110. The number of hydrogen-bond donors (Lipinski definition) is 1. The molecule has 0 radical (unpaired) electrons. The van der Waals surface area contributed by atoms with Gasteiger partial charge < -0.3 is 19.7 Å². The summed E-state index contributed by atoms with van der Waals surface area (Å²) >= 11 is 0. The fourth-order valence-electron chi connectivity index (χ4n) is 3.20. The van der Waals surface area contributed by atoms with Crippen molar-refractivity contribution < 1.29 is 31.9 Å². The maximum absolute atomic E-state index is 14.3. The van der Waals surface area contributed by atoms with Crippen LogP contribution in [0.2, 0.25) is 0 Å². The second-order valence-electron chi connectivity index (χ2n) is 7.21. The van der Waals surface area contributed by atoms with E-state index in [1.165, 1.54) is 64.6 Å². The van der Waals surface area contributed by atoms with Gasteiger partial charge in [-0.15, -0.1) is 0 Å². The molecule has 0 saturated heterocycles. The Morgan fingerprint density at radius 1 is 1.09 bits per heavy atom. The molecule has 0 heterocycles. The molecule has 0 unspecified atom stereocenters. The van der Waals surface area contributed by atoms with E-state index < -0.39 is 40.2 Å². The number of methoxy groups -OCH3 is 2. The third-order valence-electron chi connectivity index (χ3n) is 5.05. The van der Waals surface area contributed by atoms with Crippen molar-refractivity contribution in [1.29, 1.82) is 0 Å². The van der Waals surface area contributed by atoms with Gasteiger partial charge in [-0.25, -0.2) is 12.8 Å². The highest BCUT2D eigenvalue weighted by atomic mass is 32.2. The van der Waals surface area contributed by atoms with E-state index in [1.807, 2.05) is 0 Å². The number of nitrogens with one attached hydrogen (secondary N) is 1. The molecule has 180 valence electrons. The normalized spacial score (nSPS) is 11.9. The van der Waals surface area contributed by atoms with Crippen LogP contribution in [0, 0.1) is 5.82 Å². The number of carbonyl (C=O) groups excluding carboxylic acids is 2. The SMILES string of the molecule is CNC(=O)[C@@H](C)N(Cc1ccccc1F)C(=O)CN(c1ccc(OC)c(OC)c1)S(C)(=O)=O. The maximum Gasteiger partial charge on any atom is 0.244 e. The first-order valence-electron chi connectivity index (χ1n) is 9.97.